The molecule has 124 valence electrons. The Morgan fingerprint density at radius 1 is 1.26 bits per heavy atom. The molecule has 2 aliphatic rings. The molecule has 1 amide bonds. The molecule has 0 radical (unpaired) electrons. The fourth-order valence-corrected chi connectivity index (χ4v) is 3.41. The van der Waals surface area contributed by atoms with E-state index in [0.29, 0.717) is 17.2 Å². The maximum Gasteiger partial charge on any atom is 0.275 e. The van der Waals surface area contributed by atoms with Crippen LogP contribution >= 0.6 is 12.2 Å². The lowest BCUT2D eigenvalue weighted by molar-refractivity contribution is 0.0491. The molecule has 0 unspecified atom stereocenters. The van der Waals surface area contributed by atoms with Crippen molar-refractivity contribution in [2.45, 2.75) is 38.5 Å². The molecule has 1 saturated heterocycles. The Kier molecular flexibility index (Phi) is 5.33. The van der Waals surface area contributed by atoms with Crippen LogP contribution in [0.3, 0.4) is 0 Å². The molecule has 1 fully saturated rings. The van der Waals surface area contributed by atoms with Crippen molar-refractivity contribution in [1.29, 1.82) is 0 Å². The van der Waals surface area contributed by atoms with Crippen molar-refractivity contribution < 1.29 is 9.21 Å². The normalized spacial score (nSPS) is 18.0. The van der Waals surface area contributed by atoms with Crippen molar-refractivity contribution in [2.75, 3.05) is 19.6 Å². The number of carbonyl (C=O) groups excluding carboxylic acids is 1. The number of hydrazine groups is 1. The molecule has 3 rings (SSSR count). The second kappa shape index (κ2) is 7.64. The second-order valence-corrected chi connectivity index (χ2v) is 6.39. The molecule has 5 nitrogen and oxygen atoms in total. The van der Waals surface area contributed by atoms with E-state index in [0.717, 1.165) is 25.9 Å². The van der Waals surface area contributed by atoms with Gasteiger partial charge in [0.15, 0.2) is 5.11 Å². The summed E-state index contributed by atoms with van der Waals surface area (Å²) in [6.45, 7) is 2.30. The summed E-state index contributed by atoms with van der Waals surface area (Å²) in [7, 11) is 0. The van der Waals surface area contributed by atoms with E-state index in [9.17, 15) is 4.79 Å². The molecule has 1 aromatic heterocycles. The van der Waals surface area contributed by atoms with Crippen LogP contribution in [0.2, 0.25) is 0 Å². The maximum absolute atomic E-state index is 12.5. The van der Waals surface area contributed by atoms with E-state index >= 15 is 0 Å². The summed E-state index contributed by atoms with van der Waals surface area (Å²) in [6, 6.07) is 1.69. The van der Waals surface area contributed by atoms with E-state index in [2.05, 4.69) is 11.4 Å². The van der Waals surface area contributed by atoms with E-state index in [1.165, 1.54) is 43.8 Å². The monoisotopic (exact) mass is 333 g/mol. The van der Waals surface area contributed by atoms with Gasteiger partial charge in [0.25, 0.3) is 5.91 Å². The Balaban J connectivity index is 1.51. The van der Waals surface area contributed by atoms with Crippen LogP contribution in [-0.4, -0.2) is 40.7 Å². The highest BCUT2D eigenvalue weighted by molar-refractivity contribution is 7.80. The van der Waals surface area contributed by atoms with Gasteiger partial charge >= 0.3 is 0 Å². The van der Waals surface area contributed by atoms with Crippen LogP contribution in [-0.2, 0) is 0 Å². The van der Waals surface area contributed by atoms with Gasteiger partial charge in [-0.1, -0.05) is 11.6 Å². The van der Waals surface area contributed by atoms with Gasteiger partial charge in [-0.2, -0.15) is 0 Å². The highest BCUT2D eigenvalue weighted by Crippen LogP contribution is 2.20. The number of hydrogen-bond acceptors (Lipinski definition) is 3. The lowest BCUT2D eigenvalue weighted by Gasteiger charge is -2.30. The van der Waals surface area contributed by atoms with Crippen LogP contribution in [0, 0.1) is 0 Å². The number of rotatable bonds is 4. The Morgan fingerprint density at radius 3 is 2.87 bits per heavy atom. The lowest BCUT2D eigenvalue weighted by Crippen LogP contribution is -2.49. The number of amides is 1. The fraction of sp³-hybridized carbons (Fsp3) is 0.529. The van der Waals surface area contributed by atoms with E-state index in [1.54, 1.807) is 11.1 Å². The maximum atomic E-state index is 12.5. The van der Waals surface area contributed by atoms with Crippen LogP contribution in [0.4, 0.5) is 0 Å². The third-order valence-electron chi connectivity index (χ3n) is 4.38. The van der Waals surface area contributed by atoms with Gasteiger partial charge in [0.2, 0.25) is 0 Å². The highest BCUT2D eigenvalue weighted by atomic mass is 32.1. The predicted octanol–water partition coefficient (Wildman–Crippen LogP) is 3.11. The Bertz CT molecular complexity index is 583. The summed E-state index contributed by atoms with van der Waals surface area (Å²) in [4.78, 5) is 12.5. The van der Waals surface area contributed by atoms with E-state index in [1.807, 2.05) is 5.01 Å². The van der Waals surface area contributed by atoms with Crippen molar-refractivity contribution >= 4 is 23.2 Å². The van der Waals surface area contributed by atoms with Gasteiger partial charge in [0, 0.05) is 19.6 Å². The minimum absolute atomic E-state index is 0.0598. The third-order valence-corrected chi connectivity index (χ3v) is 4.73. The van der Waals surface area contributed by atoms with Crippen molar-refractivity contribution in [3.05, 3.63) is 35.8 Å². The first-order valence-corrected chi connectivity index (χ1v) is 8.74. The summed E-state index contributed by atoms with van der Waals surface area (Å²) in [5, 5.41) is 7.52. The largest absolute Gasteiger partial charge is 0.472 e. The molecule has 0 aromatic carbocycles. The molecule has 1 aliphatic heterocycles. The van der Waals surface area contributed by atoms with Crippen molar-refractivity contribution in [3.63, 3.8) is 0 Å². The zero-order valence-corrected chi connectivity index (χ0v) is 14.1. The molecule has 0 atom stereocenters. The van der Waals surface area contributed by atoms with Gasteiger partial charge in [-0.15, -0.1) is 0 Å². The minimum atomic E-state index is -0.0598. The van der Waals surface area contributed by atoms with Crippen LogP contribution in [0.1, 0.15) is 48.9 Å². The molecular weight excluding hydrogens is 310 g/mol. The summed E-state index contributed by atoms with van der Waals surface area (Å²) >= 11 is 5.48. The smallest absolute Gasteiger partial charge is 0.275 e. The van der Waals surface area contributed by atoms with Gasteiger partial charge in [-0.25, -0.2) is 5.01 Å². The lowest BCUT2D eigenvalue weighted by atomic mass is 9.97. The van der Waals surface area contributed by atoms with Gasteiger partial charge in [0.1, 0.15) is 6.26 Å². The summed E-state index contributed by atoms with van der Waals surface area (Å²) in [5.41, 5.74) is 2.09. The average Bonchev–Trinajstić information content (AvgIpc) is 3.27. The minimum Gasteiger partial charge on any atom is -0.472 e. The number of allylic oxidation sites excluding steroid dienone is 1. The molecule has 23 heavy (non-hydrogen) atoms. The molecule has 1 aliphatic carbocycles. The highest BCUT2D eigenvalue weighted by Gasteiger charge is 2.29. The van der Waals surface area contributed by atoms with Crippen molar-refractivity contribution in [1.82, 2.24) is 15.3 Å². The van der Waals surface area contributed by atoms with Gasteiger partial charge in [-0.05, 0) is 56.8 Å². The molecule has 1 N–H and O–H groups in total. The number of nitrogens with zero attached hydrogens (tertiary/aromatic N) is 2. The molecule has 0 bridgehead atoms. The zero-order chi connectivity index (χ0) is 16.1. The van der Waals surface area contributed by atoms with E-state index in [4.69, 9.17) is 16.6 Å². The van der Waals surface area contributed by atoms with Gasteiger partial charge < -0.3 is 9.73 Å². The van der Waals surface area contributed by atoms with Crippen molar-refractivity contribution in [3.8, 4) is 0 Å². The first-order valence-electron chi connectivity index (χ1n) is 8.33. The van der Waals surface area contributed by atoms with E-state index in [-0.39, 0.29) is 5.91 Å². The van der Waals surface area contributed by atoms with Gasteiger partial charge in [-0.3, -0.25) is 9.80 Å². The zero-order valence-electron chi connectivity index (χ0n) is 13.3. The number of carbonyl (C=O) groups is 1. The van der Waals surface area contributed by atoms with Crippen LogP contribution < -0.4 is 5.32 Å². The molecule has 0 saturated carbocycles. The first kappa shape index (κ1) is 16.1. The van der Waals surface area contributed by atoms with Crippen LogP contribution in [0.15, 0.2) is 34.7 Å². The first-order chi connectivity index (χ1) is 11.3. The number of nitrogens with one attached hydrogen (secondary N) is 1. The molecule has 2 heterocycles. The van der Waals surface area contributed by atoms with Crippen LogP contribution in [0.25, 0.3) is 0 Å². The second-order valence-electron chi connectivity index (χ2n) is 6.01. The molecule has 0 spiro atoms. The fourth-order valence-electron chi connectivity index (χ4n) is 3.12. The Labute approximate surface area is 142 Å². The topological polar surface area (TPSA) is 48.7 Å². The number of hydrogen-bond donors (Lipinski definition) is 1. The third kappa shape index (κ3) is 3.93. The average molecular weight is 333 g/mol. The molecular formula is C17H23N3O2S. The quantitative estimate of drug-likeness (QED) is 0.678. The summed E-state index contributed by atoms with van der Waals surface area (Å²) in [6.07, 6.45) is 12.3. The SMILES string of the molecule is O=C(c1ccoc1)N1CCCN1C(=S)NCCC1=CCCCC1. The van der Waals surface area contributed by atoms with Crippen LogP contribution in [0.5, 0.6) is 0 Å². The number of thiocarbonyl (C=S) groups is 1. The number of furan rings is 1. The van der Waals surface area contributed by atoms with Crippen molar-refractivity contribution in [2.24, 2.45) is 0 Å². The van der Waals surface area contributed by atoms with Gasteiger partial charge in [0.05, 0.1) is 11.8 Å². The Hall–Kier alpha value is -1.82. The molecule has 1 aromatic rings. The summed E-state index contributed by atoms with van der Waals surface area (Å²) < 4.78 is 5.00. The van der Waals surface area contributed by atoms with E-state index < -0.39 is 0 Å². The Morgan fingerprint density at radius 2 is 2.13 bits per heavy atom. The predicted molar refractivity (Wildman–Crippen MR) is 92.8 cm³/mol. The summed E-state index contributed by atoms with van der Waals surface area (Å²) in [5.74, 6) is -0.0598. The standard InChI is InChI=1S/C17H23N3O2S/c21-16(15-8-12-22-13-15)19-10-4-11-20(19)17(23)18-9-7-14-5-2-1-3-6-14/h5,8,12-13H,1-4,6-7,9-11H2,(H,18,23). The molecule has 6 heteroatoms.